The van der Waals surface area contributed by atoms with E-state index in [1.165, 1.54) is 50.1 Å². The summed E-state index contributed by atoms with van der Waals surface area (Å²) in [5, 5.41) is 0. The fourth-order valence-electron chi connectivity index (χ4n) is 7.17. The number of fused-ring (bicyclic) bond motifs is 4. The summed E-state index contributed by atoms with van der Waals surface area (Å²) in [5.41, 5.74) is 17.5. The summed E-state index contributed by atoms with van der Waals surface area (Å²) in [5.74, 6) is 0. The van der Waals surface area contributed by atoms with Gasteiger partial charge in [0.05, 0.1) is 0 Å². The number of benzene rings is 5. The SMILES string of the molecule is CCc1ccc2c(c1)[CH]([Zr+2](=[C](c1ccccc1)c1ccccc1)[CH]1C=Cc3cc(C)c(C)cc31)c1cc(CC)ccc1-2.[Cl-].[Cl-]. The fraction of sp³-hybridized carbons (Fsp3) is 0.195. The van der Waals surface area contributed by atoms with Crippen LogP contribution >= 0.6 is 0 Å². The van der Waals surface area contributed by atoms with Gasteiger partial charge in [-0.25, -0.2) is 0 Å². The molecule has 5 aromatic carbocycles. The van der Waals surface area contributed by atoms with E-state index in [1.54, 1.807) is 19.9 Å². The van der Waals surface area contributed by atoms with E-state index in [0.29, 0.717) is 7.25 Å². The average Bonchev–Trinajstić information content (AvgIpc) is 3.58. The molecule has 0 heterocycles. The molecule has 0 amide bonds. The molecule has 0 saturated heterocycles. The maximum atomic E-state index is 2.59. The number of halogens is 2. The zero-order valence-corrected chi connectivity index (χ0v) is 29.8. The van der Waals surface area contributed by atoms with Gasteiger partial charge in [0.25, 0.3) is 0 Å². The average molecular weight is 693 g/mol. The van der Waals surface area contributed by atoms with Crippen molar-refractivity contribution in [1.29, 1.82) is 0 Å². The zero-order chi connectivity index (χ0) is 28.8. The van der Waals surface area contributed by atoms with Crippen LogP contribution in [0.1, 0.15) is 76.7 Å². The standard InChI is InChI=1S/C17H17.C13H10.C11H11.2ClH.Zr/c1-3-12-5-7-16-14(9-12)11-15-10-13(4-2)6-8-17(15)16;1-3-7-12(8-4-1)11-13-9-5-2-6-10-13;1-8-6-10-4-3-5-11(10)7-9(8)2;;;/h5-11H,3-4H2,1-2H3;1-10H;3-7H,1-2H3;2*1H;/q;;;;;+2/p-2. The molecule has 1 unspecified atom stereocenters. The van der Waals surface area contributed by atoms with Gasteiger partial charge in [0.15, 0.2) is 0 Å². The minimum Gasteiger partial charge on any atom is -1.00 e. The van der Waals surface area contributed by atoms with Crippen LogP contribution in [0.15, 0.2) is 115 Å². The van der Waals surface area contributed by atoms with Crippen molar-refractivity contribution in [3.8, 4) is 11.1 Å². The number of aryl methyl sites for hydroxylation is 4. The molecule has 7 rings (SSSR count). The Bertz CT molecular complexity index is 1770. The maximum absolute atomic E-state index is 2.76. The van der Waals surface area contributed by atoms with Crippen LogP contribution in [0.3, 0.4) is 0 Å². The second-order valence-electron chi connectivity index (χ2n) is 11.9. The normalized spacial score (nSPS) is 14.0. The van der Waals surface area contributed by atoms with E-state index in [-0.39, 0.29) is 24.8 Å². The van der Waals surface area contributed by atoms with Crippen molar-refractivity contribution in [2.24, 2.45) is 0 Å². The first-order chi connectivity index (χ1) is 20.6. The molecular formula is C41H38Cl2Zr. The van der Waals surface area contributed by atoms with Crippen LogP contribution in [0.25, 0.3) is 17.2 Å². The molecule has 5 aromatic rings. The molecule has 0 fully saturated rings. The van der Waals surface area contributed by atoms with Crippen molar-refractivity contribution in [3.63, 3.8) is 0 Å². The van der Waals surface area contributed by atoms with Crippen LogP contribution in [-0.4, -0.2) is 3.21 Å². The Balaban J connectivity index is 0.00000192. The second kappa shape index (κ2) is 13.7. The Morgan fingerprint density at radius 1 is 0.591 bits per heavy atom. The number of allylic oxidation sites excluding steroid dienone is 1. The van der Waals surface area contributed by atoms with Gasteiger partial charge in [0.1, 0.15) is 0 Å². The monoisotopic (exact) mass is 690 g/mol. The minimum absolute atomic E-state index is 0. The van der Waals surface area contributed by atoms with Gasteiger partial charge in [-0.15, -0.1) is 0 Å². The Morgan fingerprint density at radius 3 is 1.59 bits per heavy atom. The second-order valence-corrected chi connectivity index (χ2v) is 18.4. The first-order valence-corrected chi connectivity index (χ1v) is 19.5. The van der Waals surface area contributed by atoms with Crippen LogP contribution in [0, 0.1) is 13.8 Å². The summed E-state index contributed by atoms with van der Waals surface area (Å²) in [6.07, 6.45) is 7.15. The molecule has 44 heavy (non-hydrogen) atoms. The maximum Gasteiger partial charge on any atom is -1.00 e. The molecular weight excluding hydrogens is 655 g/mol. The quantitative estimate of drug-likeness (QED) is 0.251. The van der Waals surface area contributed by atoms with Crippen LogP contribution in [0.2, 0.25) is 0 Å². The molecule has 220 valence electrons. The molecule has 0 spiro atoms. The zero-order valence-electron chi connectivity index (χ0n) is 25.9. The first-order valence-electron chi connectivity index (χ1n) is 15.5. The third-order valence-corrected chi connectivity index (χ3v) is 18.3. The van der Waals surface area contributed by atoms with E-state index in [1.807, 2.05) is 0 Å². The molecule has 2 aliphatic carbocycles. The van der Waals surface area contributed by atoms with E-state index in [2.05, 4.69) is 149 Å². The summed E-state index contributed by atoms with van der Waals surface area (Å²) in [4.78, 5) is 0. The molecule has 0 nitrogen and oxygen atoms in total. The molecule has 0 aromatic heterocycles. The van der Waals surface area contributed by atoms with Crippen molar-refractivity contribution in [2.45, 2.75) is 47.8 Å². The van der Waals surface area contributed by atoms with Crippen LogP contribution in [0.5, 0.6) is 0 Å². The van der Waals surface area contributed by atoms with Crippen LogP contribution in [0.4, 0.5) is 0 Å². The van der Waals surface area contributed by atoms with Gasteiger partial charge < -0.3 is 24.8 Å². The third-order valence-electron chi connectivity index (χ3n) is 9.52. The topological polar surface area (TPSA) is 0 Å². The largest absolute Gasteiger partial charge is 1.00 e. The van der Waals surface area contributed by atoms with Crippen molar-refractivity contribution >= 4 is 9.28 Å². The smallest absolute Gasteiger partial charge is 1.00 e. The summed E-state index contributed by atoms with van der Waals surface area (Å²) >= 11 is -2.76. The molecule has 3 heteroatoms. The van der Waals surface area contributed by atoms with Gasteiger partial charge in [0.2, 0.25) is 0 Å². The van der Waals surface area contributed by atoms with E-state index >= 15 is 0 Å². The van der Waals surface area contributed by atoms with E-state index in [9.17, 15) is 0 Å². The summed E-state index contributed by atoms with van der Waals surface area (Å²) in [7, 11) is 0. The Hall–Kier alpha value is -2.83. The van der Waals surface area contributed by atoms with Crippen LogP contribution < -0.4 is 24.8 Å². The number of rotatable bonds is 6. The van der Waals surface area contributed by atoms with Gasteiger partial charge in [-0.3, -0.25) is 0 Å². The van der Waals surface area contributed by atoms with Crippen molar-refractivity contribution < 1.29 is 46.1 Å². The molecule has 0 N–H and O–H groups in total. The van der Waals surface area contributed by atoms with E-state index in [0.717, 1.165) is 12.8 Å². The predicted octanol–water partition coefficient (Wildman–Crippen LogP) is 4.16. The Labute approximate surface area is 283 Å². The van der Waals surface area contributed by atoms with Crippen LogP contribution in [-0.2, 0) is 34.1 Å². The third kappa shape index (κ3) is 5.69. The van der Waals surface area contributed by atoms with E-state index in [4.69, 9.17) is 0 Å². The predicted molar refractivity (Wildman–Crippen MR) is 176 cm³/mol. The Morgan fingerprint density at radius 2 is 1.09 bits per heavy atom. The fourth-order valence-corrected chi connectivity index (χ4v) is 17.0. The first kappa shape index (κ1) is 32.6. The molecule has 0 aliphatic heterocycles. The number of hydrogen-bond donors (Lipinski definition) is 0. The van der Waals surface area contributed by atoms with Crippen molar-refractivity contribution in [1.82, 2.24) is 0 Å². The van der Waals surface area contributed by atoms with E-state index < -0.39 is 21.3 Å². The molecule has 0 bridgehead atoms. The molecule has 0 radical (unpaired) electrons. The van der Waals surface area contributed by atoms with Gasteiger partial charge >= 0.3 is 260 Å². The summed E-state index contributed by atoms with van der Waals surface area (Å²) in [6, 6.07) is 42.3. The van der Waals surface area contributed by atoms with Gasteiger partial charge in [-0.2, -0.15) is 0 Å². The van der Waals surface area contributed by atoms with Gasteiger partial charge in [-0.05, 0) is 0 Å². The Kier molecular flexibility index (Phi) is 10.1. The summed E-state index contributed by atoms with van der Waals surface area (Å²) in [6.45, 7) is 9.12. The van der Waals surface area contributed by atoms with Gasteiger partial charge in [-0.1, -0.05) is 0 Å². The molecule has 2 aliphatic rings. The summed E-state index contributed by atoms with van der Waals surface area (Å²) < 4.78 is 2.52. The van der Waals surface area contributed by atoms with Crippen molar-refractivity contribution in [3.05, 3.63) is 171 Å². The number of hydrogen-bond acceptors (Lipinski definition) is 0. The molecule has 1 atom stereocenters. The van der Waals surface area contributed by atoms with Crippen molar-refractivity contribution in [2.75, 3.05) is 0 Å². The molecule has 0 saturated carbocycles. The minimum atomic E-state index is -2.76. The van der Waals surface area contributed by atoms with Gasteiger partial charge in [0, 0.05) is 0 Å².